The number of aliphatic hydroxyl groups excluding tert-OH is 8. The highest BCUT2D eigenvalue weighted by atomic mass is 16.7. The summed E-state index contributed by atoms with van der Waals surface area (Å²) in [6.07, 6.45) is -23.6. The van der Waals surface area contributed by atoms with Gasteiger partial charge in [-0.1, -0.05) is 0 Å². The summed E-state index contributed by atoms with van der Waals surface area (Å²) in [5.74, 6) is -3.12. The number of aliphatic carboxylic acids is 1. The van der Waals surface area contributed by atoms with Gasteiger partial charge in [-0.3, -0.25) is 9.59 Å². The number of carboxylic acids is 1. The Labute approximate surface area is 232 Å². The fraction of sp³-hybridized carbons (Fsp3) is 0.864. The van der Waals surface area contributed by atoms with E-state index in [1.807, 2.05) is 0 Å². The zero-order valence-electron chi connectivity index (χ0n) is 21.9. The molecule has 3 fully saturated rings. The van der Waals surface area contributed by atoms with Crippen molar-refractivity contribution >= 4 is 17.8 Å². The SMILES string of the molecule is CC(=O)N[C@H]1[C@@H](O[C@H]2[C@H](O)[C@@H](O)[C@H](O[C@H]3[C@H](O)[C@@H](NC(C)=O)C(O)O[C@@H]3CO)O[C@H]2C(=O)O)O[C@H](CO)[C@@H](O)[C@@H]1O. The van der Waals surface area contributed by atoms with Gasteiger partial charge < -0.3 is 80.3 Å². The zero-order chi connectivity index (χ0) is 30.8. The van der Waals surface area contributed by atoms with Crippen molar-refractivity contribution in [2.45, 2.75) is 106 Å². The number of carbonyl (C=O) groups is 3. The summed E-state index contributed by atoms with van der Waals surface area (Å²) in [4.78, 5) is 35.3. The predicted molar refractivity (Wildman–Crippen MR) is 125 cm³/mol. The molecule has 3 rings (SSSR count). The van der Waals surface area contributed by atoms with Gasteiger partial charge in [0.25, 0.3) is 0 Å². The number of hydrogen-bond acceptors (Lipinski definition) is 16. The van der Waals surface area contributed by atoms with Gasteiger partial charge >= 0.3 is 5.97 Å². The molecule has 0 spiro atoms. The number of hydrogen-bond donors (Lipinski definition) is 11. The Balaban J connectivity index is 1.83. The standard InChI is InChI=1S/C22H36N2O17/c1-5(27)23-9-13(31)16(8(4-26)37-20(9)36)39-22-15(33)14(32)17(18(41-22)19(34)35)40-21-10(24-6(2)28)12(30)11(29)7(3-25)38-21/h7-18,20-22,25-26,29-33,36H,3-4H2,1-2H3,(H,23,27)(H,24,28)(H,34,35)/t7-,8-,9-,10-,11-,12-,13-,14-,15-,16-,17+,18-,20?,21-,22-/m1/s1. The highest BCUT2D eigenvalue weighted by Gasteiger charge is 2.55. The molecule has 0 aromatic rings. The van der Waals surface area contributed by atoms with Crippen molar-refractivity contribution in [1.29, 1.82) is 0 Å². The topological polar surface area (TPSA) is 303 Å². The normalized spacial score (nSPS) is 45.1. The van der Waals surface area contributed by atoms with E-state index in [-0.39, 0.29) is 0 Å². The number of amides is 2. The second kappa shape index (κ2) is 13.9. The quantitative estimate of drug-likeness (QED) is 0.117. The highest BCUT2D eigenvalue weighted by molar-refractivity contribution is 5.74. The van der Waals surface area contributed by atoms with E-state index < -0.39 is 123 Å². The Kier molecular flexibility index (Phi) is 11.3. The molecular weight excluding hydrogens is 564 g/mol. The van der Waals surface area contributed by atoms with Crippen LogP contribution >= 0.6 is 0 Å². The van der Waals surface area contributed by atoms with E-state index >= 15 is 0 Å². The van der Waals surface area contributed by atoms with Gasteiger partial charge in [0.2, 0.25) is 11.8 Å². The highest BCUT2D eigenvalue weighted by Crippen LogP contribution is 2.32. The van der Waals surface area contributed by atoms with Crippen molar-refractivity contribution in [2.24, 2.45) is 0 Å². The molecule has 0 saturated carbocycles. The number of ether oxygens (including phenoxy) is 5. The Morgan fingerprint density at radius 3 is 1.76 bits per heavy atom. The zero-order valence-corrected chi connectivity index (χ0v) is 21.9. The molecule has 0 aromatic carbocycles. The maximum atomic E-state index is 12.1. The molecule has 19 nitrogen and oxygen atoms in total. The summed E-state index contributed by atoms with van der Waals surface area (Å²) in [7, 11) is 0. The molecule has 1 unspecified atom stereocenters. The molecule has 0 radical (unpaired) electrons. The maximum Gasteiger partial charge on any atom is 0.335 e. The molecule has 0 bridgehead atoms. The van der Waals surface area contributed by atoms with Crippen LogP contribution in [0.1, 0.15) is 13.8 Å². The van der Waals surface area contributed by atoms with Gasteiger partial charge in [0.15, 0.2) is 25.0 Å². The van der Waals surface area contributed by atoms with E-state index in [1.165, 1.54) is 0 Å². The molecule has 0 aromatic heterocycles. The lowest BCUT2D eigenvalue weighted by atomic mass is 9.94. The smallest absolute Gasteiger partial charge is 0.335 e. The Morgan fingerprint density at radius 1 is 0.659 bits per heavy atom. The summed E-state index contributed by atoms with van der Waals surface area (Å²) in [5.41, 5.74) is 0. The van der Waals surface area contributed by atoms with Gasteiger partial charge in [0.05, 0.1) is 13.2 Å². The molecule has 19 heteroatoms. The Hall–Kier alpha value is -2.11. The number of rotatable bonds is 9. The first kappa shape index (κ1) is 33.4. The molecule has 11 N–H and O–H groups in total. The van der Waals surface area contributed by atoms with Crippen molar-refractivity contribution in [3.8, 4) is 0 Å². The average molecular weight is 601 g/mol. The summed E-state index contributed by atoms with van der Waals surface area (Å²) >= 11 is 0. The largest absolute Gasteiger partial charge is 0.479 e. The number of nitrogens with one attached hydrogen (secondary N) is 2. The lowest BCUT2D eigenvalue weighted by Crippen LogP contribution is -2.69. The number of aliphatic hydroxyl groups is 8. The van der Waals surface area contributed by atoms with E-state index in [2.05, 4.69) is 10.6 Å². The summed E-state index contributed by atoms with van der Waals surface area (Å²) in [6.45, 7) is 0.498. The first-order chi connectivity index (χ1) is 19.2. The van der Waals surface area contributed by atoms with Crippen LogP contribution in [0.25, 0.3) is 0 Å². The van der Waals surface area contributed by atoms with E-state index in [4.69, 9.17) is 23.7 Å². The van der Waals surface area contributed by atoms with Crippen LogP contribution in [0.15, 0.2) is 0 Å². The fourth-order valence-corrected chi connectivity index (χ4v) is 4.84. The van der Waals surface area contributed by atoms with Crippen LogP contribution in [0.2, 0.25) is 0 Å². The minimum Gasteiger partial charge on any atom is -0.479 e. The molecule has 3 aliphatic rings. The van der Waals surface area contributed by atoms with E-state index in [1.54, 1.807) is 0 Å². The summed E-state index contributed by atoms with van der Waals surface area (Å²) < 4.78 is 26.9. The molecule has 2 amide bonds. The van der Waals surface area contributed by atoms with Gasteiger partial charge in [-0.2, -0.15) is 0 Å². The third-order valence-electron chi connectivity index (χ3n) is 6.86. The Bertz CT molecular complexity index is 927. The van der Waals surface area contributed by atoms with Crippen LogP contribution in [0, 0.1) is 0 Å². The fourth-order valence-electron chi connectivity index (χ4n) is 4.84. The minimum atomic E-state index is -2.13. The molecular formula is C22H36N2O17. The third-order valence-corrected chi connectivity index (χ3v) is 6.86. The van der Waals surface area contributed by atoms with Crippen LogP contribution in [-0.4, -0.2) is 169 Å². The predicted octanol–water partition coefficient (Wildman–Crippen LogP) is -7.19. The molecule has 0 aliphatic carbocycles. The number of carbonyl (C=O) groups excluding carboxylic acids is 2. The summed E-state index contributed by atoms with van der Waals surface area (Å²) in [6, 6.07) is -2.98. The molecule has 41 heavy (non-hydrogen) atoms. The van der Waals surface area contributed by atoms with Crippen LogP contribution in [0.4, 0.5) is 0 Å². The lowest BCUT2D eigenvalue weighted by molar-refractivity contribution is -0.361. The molecule has 3 heterocycles. The monoisotopic (exact) mass is 600 g/mol. The Morgan fingerprint density at radius 2 is 1.22 bits per heavy atom. The molecule has 15 atom stereocenters. The second-order valence-corrected chi connectivity index (χ2v) is 9.84. The van der Waals surface area contributed by atoms with Gasteiger partial charge in [0, 0.05) is 13.8 Å². The van der Waals surface area contributed by atoms with E-state index in [9.17, 15) is 60.3 Å². The van der Waals surface area contributed by atoms with E-state index in [0.29, 0.717) is 0 Å². The van der Waals surface area contributed by atoms with Crippen molar-refractivity contribution < 1.29 is 84.0 Å². The maximum absolute atomic E-state index is 12.1. The van der Waals surface area contributed by atoms with Gasteiger partial charge in [-0.25, -0.2) is 4.79 Å². The molecule has 3 saturated heterocycles. The van der Waals surface area contributed by atoms with Crippen LogP contribution in [0.5, 0.6) is 0 Å². The minimum absolute atomic E-state index is 0.670. The van der Waals surface area contributed by atoms with Crippen molar-refractivity contribution in [1.82, 2.24) is 10.6 Å². The van der Waals surface area contributed by atoms with Crippen molar-refractivity contribution in [2.75, 3.05) is 13.2 Å². The lowest BCUT2D eigenvalue weighted by Gasteiger charge is -2.48. The number of carboxylic acid groups (broad SMARTS) is 1. The van der Waals surface area contributed by atoms with Crippen molar-refractivity contribution in [3.05, 3.63) is 0 Å². The van der Waals surface area contributed by atoms with Crippen LogP contribution in [-0.2, 0) is 38.1 Å². The van der Waals surface area contributed by atoms with Crippen LogP contribution < -0.4 is 10.6 Å². The molecule has 3 aliphatic heterocycles. The van der Waals surface area contributed by atoms with Crippen molar-refractivity contribution in [3.63, 3.8) is 0 Å². The van der Waals surface area contributed by atoms with Gasteiger partial charge in [0.1, 0.15) is 67.0 Å². The van der Waals surface area contributed by atoms with E-state index in [0.717, 1.165) is 13.8 Å². The molecule has 236 valence electrons. The first-order valence-electron chi connectivity index (χ1n) is 12.6. The van der Waals surface area contributed by atoms with Gasteiger partial charge in [-0.15, -0.1) is 0 Å². The van der Waals surface area contributed by atoms with Crippen LogP contribution in [0.3, 0.4) is 0 Å². The first-order valence-corrected chi connectivity index (χ1v) is 12.6. The third kappa shape index (κ3) is 7.28. The second-order valence-electron chi connectivity index (χ2n) is 9.84. The van der Waals surface area contributed by atoms with Gasteiger partial charge in [-0.05, 0) is 0 Å². The summed E-state index contributed by atoms with van der Waals surface area (Å²) in [5, 5.41) is 96.5. The average Bonchev–Trinajstić information content (AvgIpc) is 2.90.